The van der Waals surface area contributed by atoms with Crippen LogP contribution in [0.25, 0.3) is 0 Å². The highest BCUT2D eigenvalue weighted by Crippen LogP contribution is 2.21. The van der Waals surface area contributed by atoms with Crippen LogP contribution < -0.4 is 19.5 Å². The van der Waals surface area contributed by atoms with E-state index in [0.29, 0.717) is 40.5 Å². The topological polar surface area (TPSA) is 111 Å². The average molecular weight is 683 g/mol. The van der Waals surface area contributed by atoms with Crippen molar-refractivity contribution >= 4 is 29.3 Å². The summed E-state index contributed by atoms with van der Waals surface area (Å²) in [6.45, 7) is 4.27. The number of unbranched alkanes of at least 4 members (excludes halogenated alkanes) is 4. The van der Waals surface area contributed by atoms with Gasteiger partial charge in [0.2, 0.25) is 5.91 Å². The number of benzene rings is 4. The summed E-state index contributed by atoms with van der Waals surface area (Å²) in [4.78, 5) is 52.2. The molecule has 4 rings (SSSR count). The summed E-state index contributed by atoms with van der Waals surface area (Å²) >= 11 is 0. The van der Waals surface area contributed by atoms with E-state index in [-0.39, 0.29) is 42.9 Å². The molecule has 1 N–H and O–H groups in total. The normalized spacial score (nSPS) is 10.6. The van der Waals surface area contributed by atoms with E-state index in [4.69, 9.17) is 14.2 Å². The molecule has 0 fully saturated rings. The molecule has 0 bridgehead atoms. The van der Waals surface area contributed by atoms with Crippen molar-refractivity contribution in [3.8, 4) is 17.2 Å². The molecule has 4 aromatic carbocycles. The van der Waals surface area contributed by atoms with Crippen molar-refractivity contribution in [3.05, 3.63) is 119 Å². The Bertz CT molecular complexity index is 1740. The van der Waals surface area contributed by atoms with Gasteiger partial charge in [0.15, 0.2) is 11.6 Å². The summed E-state index contributed by atoms with van der Waals surface area (Å²) < 4.78 is 30.0. The number of carbonyl (C=O) groups is 4. The van der Waals surface area contributed by atoms with E-state index in [1.165, 1.54) is 56.4 Å². The van der Waals surface area contributed by atoms with Crippen LogP contribution in [-0.2, 0) is 22.6 Å². The zero-order chi connectivity index (χ0) is 35.9. The van der Waals surface area contributed by atoms with Crippen molar-refractivity contribution < 1.29 is 37.8 Å². The first-order valence-corrected chi connectivity index (χ1v) is 16.7. The predicted octanol–water partition coefficient (Wildman–Crippen LogP) is 7.82. The number of anilines is 1. The molecule has 0 spiro atoms. The van der Waals surface area contributed by atoms with E-state index < -0.39 is 11.8 Å². The van der Waals surface area contributed by atoms with E-state index in [2.05, 4.69) is 12.2 Å². The number of amides is 2. The fourth-order valence-corrected chi connectivity index (χ4v) is 5.18. The second-order valence-corrected chi connectivity index (χ2v) is 12.0. The number of ether oxygens (including phenoxy) is 3. The molecule has 0 aromatic heterocycles. The number of methoxy groups -OCH3 is 1. The number of carbonyl (C=O) groups excluding carboxylic acids is 4. The zero-order valence-corrected chi connectivity index (χ0v) is 28.7. The van der Waals surface area contributed by atoms with Gasteiger partial charge in [-0.2, -0.15) is 0 Å². The number of Topliss-reactive ketones (excluding diaryl/α,β-unsaturated/α-hetero) is 1. The Balaban J connectivity index is 1.30. The maximum absolute atomic E-state index is 13.7. The van der Waals surface area contributed by atoms with E-state index in [1.54, 1.807) is 72.8 Å². The van der Waals surface area contributed by atoms with Crippen LogP contribution >= 0.6 is 0 Å². The van der Waals surface area contributed by atoms with Crippen LogP contribution in [0, 0.1) is 5.82 Å². The lowest BCUT2D eigenvalue weighted by Gasteiger charge is -2.22. The van der Waals surface area contributed by atoms with Crippen molar-refractivity contribution in [2.75, 3.05) is 25.6 Å². The molecule has 50 heavy (non-hydrogen) atoms. The first-order chi connectivity index (χ1) is 24.1. The largest absolute Gasteiger partial charge is 0.494 e. The predicted molar refractivity (Wildman–Crippen MR) is 189 cm³/mol. The van der Waals surface area contributed by atoms with E-state index in [0.717, 1.165) is 18.4 Å². The maximum Gasteiger partial charge on any atom is 0.343 e. The highest BCUT2D eigenvalue weighted by molar-refractivity contribution is 5.98. The summed E-state index contributed by atoms with van der Waals surface area (Å²) in [5.41, 5.74) is 2.51. The Hall–Kier alpha value is -5.51. The Labute approximate surface area is 292 Å². The van der Waals surface area contributed by atoms with Gasteiger partial charge in [0.05, 0.1) is 32.2 Å². The number of nitrogens with zero attached hydrogens (tertiary/aromatic N) is 1. The molecule has 2 amide bonds. The summed E-state index contributed by atoms with van der Waals surface area (Å²) in [6, 6.07) is 24.1. The molecule has 262 valence electrons. The zero-order valence-electron chi connectivity index (χ0n) is 28.7. The summed E-state index contributed by atoms with van der Waals surface area (Å²) in [5, 5.41) is 2.76. The minimum atomic E-state index is -0.513. The van der Waals surface area contributed by atoms with Gasteiger partial charge in [0, 0.05) is 17.8 Å². The number of esters is 1. The summed E-state index contributed by atoms with van der Waals surface area (Å²) in [7, 11) is 1.35. The summed E-state index contributed by atoms with van der Waals surface area (Å²) in [6.07, 6.45) is 5.78. The van der Waals surface area contributed by atoms with Crippen LogP contribution in [0.5, 0.6) is 17.2 Å². The average Bonchev–Trinajstić information content (AvgIpc) is 3.11. The highest BCUT2D eigenvalue weighted by atomic mass is 19.1. The van der Waals surface area contributed by atoms with Gasteiger partial charge in [-0.25, -0.2) is 9.18 Å². The van der Waals surface area contributed by atoms with Crippen LogP contribution in [0.3, 0.4) is 0 Å². The lowest BCUT2D eigenvalue weighted by atomic mass is 10.1. The third-order valence-corrected chi connectivity index (χ3v) is 7.81. The second-order valence-electron chi connectivity index (χ2n) is 12.0. The van der Waals surface area contributed by atoms with Gasteiger partial charge in [0.25, 0.3) is 5.91 Å². The number of hydrogen-bond acceptors (Lipinski definition) is 7. The van der Waals surface area contributed by atoms with Gasteiger partial charge in [-0.1, -0.05) is 50.8 Å². The first kappa shape index (κ1) is 37.3. The Morgan fingerprint density at radius 2 is 1.40 bits per heavy atom. The fraction of sp³-hybridized carbons (Fsp3) is 0.300. The molecule has 0 aliphatic carbocycles. The third kappa shape index (κ3) is 11.6. The lowest BCUT2D eigenvalue weighted by molar-refractivity contribution is -0.118. The monoisotopic (exact) mass is 682 g/mol. The Morgan fingerprint density at radius 3 is 2.06 bits per heavy atom. The minimum Gasteiger partial charge on any atom is -0.494 e. The molecule has 0 saturated heterocycles. The van der Waals surface area contributed by atoms with Crippen LogP contribution in [0.2, 0.25) is 0 Å². The van der Waals surface area contributed by atoms with Crippen molar-refractivity contribution in [1.29, 1.82) is 0 Å². The van der Waals surface area contributed by atoms with Gasteiger partial charge in [0.1, 0.15) is 17.3 Å². The smallest absolute Gasteiger partial charge is 0.343 e. The van der Waals surface area contributed by atoms with Crippen molar-refractivity contribution in [2.45, 2.75) is 58.9 Å². The van der Waals surface area contributed by atoms with Crippen molar-refractivity contribution in [2.24, 2.45) is 0 Å². The third-order valence-electron chi connectivity index (χ3n) is 7.81. The van der Waals surface area contributed by atoms with E-state index in [1.807, 2.05) is 0 Å². The lowest BCUT2D eigenvalue weighted by Crippen LogP contribution is -2.34. The van der Waals surface area contributed by atoms with Gasteiger partial charge in [-0.05, 0) is 97.3 Å². The van der Waals surface area contributed by atoms with Gasteiger partial charge in [-0.3, -0.25) is 14.4 Å². The number of halogens is 1. The number of rotatable bonds is 18. The number of hydrogen-bond donors (Lipinski definition) is 1. The number of ketones is 1. The second kappa shape index (κ2) is 18.9. The molecule has 10 heteroatoms. The molecule has 0 saturated carbocycles. The molecule has 0 radical (unpaired) electrons. The van der Waals surface area contributed by atoms with Crippen molar-refractivity contribution in [3.63, 3.8) is 0 Å². The standard InChI is InChI=1S/C40H43FN2O7/c1-4-5-6-7-8-23-49-34-20-14-32(15-21-34)40(47)50-35-18-9-29(10-19-35)27-43(26-28(2)44)39(46)31-12-16-33(17-13-31)42-38(45)25-30-11-22-36(41)37(24-30)48-3/h9-22,24H,4-8,23,25-27H2,1-3H3,(H,42,45). The molecular formula is C40H43FN2O7. The van der Waals surface area contributed by atoms with Gasteiger partial charge < -0.3 is 24.4 Å². The Morgan fingerprint density at radius 1 is 0.760 bits per heavy atom. The minimum absolute atomic E-state index is 0.00355. The molecule has 0 aliphatic heterocycles. The van der Waals surface area contributed by atoms with Crippen LogP contribution in [-0.4, -0.2) is 48.7 Å². The molecule has 0 atom stereocenters. The van der Waals surface area contributed by atoms with Crippen LogP contribution in [0.15, 0.2) is 91.0 Å². The maximum atomic E-state index is 13.7. The number of nitrogens with one attached hydrogen (secondary N) is 1. The SMILES string of the molecule is CCCCCCCOc1ccc(C(=O)Oc2ccc(CN(CC(C)=O)C(=O)c3ccc(NC(=O)Cc4ccc(F)c(OC)c4)cc3)cc2)cc1. The molecule has 9 nitrogen and oxygen atoms in total. The Kier molecular flexibility index (Phi) is 14.1. The van der Waals surface area contributed by atoms with Crippen molar-refractivity contribution in [1.82, 2.24) is 4.90 Å². The van der Waals surface area contributed by atoms with E-state index in [9.17, 15) is 23.6 Å². The van der Waals surface area contributed by atoms with E-state index >= 15 is 0 Å². The molecular weight excluding hydrogens is 639 g/mol. The molecule has 4 aromatic rings. The summed E-state index contributed by atoms with van der Waals surface area (Å²) in [5.74, 6) is -0.797. The highest BCUT2D eigenvalue weighted by Gasteiger charge is 2.19. The quantitative estimate of drug-likeness (QED) is 0.0647. The first-order valence-electron chi connectivity index (χ1n) is 16.7. The van der Waals surface area contributed by atoms with Gasteiger partial charge in [-0.15, -0.1) is 0 Å². The van der Waals surface area contributed by atoms with Crippen LogP contribution in [0.1, 0.15) is 77.8 Å². The van der Waals surface area contributed by atoms with Crippen LogP contribution in [0.4, 0.5) is 10.1 Å². The molecule has 0 aliphatic rings. The molecule has 0 unspecified atom stereocenters. The van der Waals surface area contributed by atoms with Gasteiger partial charge >= 0.3 is 5.97 Å². The fourth-order valence-electron chi connectivity index (χ4n) is 5.18. The molecule has 0 heterocycles.